The van der Waals surface area contributed by atoms with Crippen molar-refractivity contribution < 1.29 is 0 Å². The Balaban J connectivity index is 2.53. The Morgan fingerprint density at radius 2 is 2.62 bits per heavy atom. The van der Waals surface area contributed by atoms with Crippen molar-refractivity contribution in [3.05, 3.63) is 11.0 Å². The van der Waals surface area contributed by atoms with E-state index in [9.17, 15) is 0 Å². The molecule has 0 aromatic carbocycles. The summed E-state index contributed by atoms with van der Waals surface area (Å²) < 4.78 is 0. The summed E-state index contributed by atoms with van der Waals surface area (Å²) in [6, 6.07) is 0. The quantitative estimate of drug-likeness (QED) is 0.466. The van der Waals surface area contributed by atoms with Gasteiger partial charge < -0.3 is 5.32 Å². The van der Waals surface area contributed by atoms with Crippen molar-refractivity contribution in [1.29, 1.82) is 0 Å². The van der Waals surface area contributed by atoms with Crippen molar-refractivity contribution >= 4 is 12.6 Å². The molecule has 1 aliphatic rings. The molecule has 1 N–H and O–H groups in total. The minimum absolute atomic E-state index is 0.618. The van der Waals surface area contributed by atoms with Crippen LogP contribution in [0.25, 0.3) is 0 Å². The van der Waals surface area contributed by atoms with Crippen LogP contribution in [0.15, 0.2) is 11.0 Å². The highest BCUT2D eigenvalue weighted by Gasteiger charge is 2.06. The number of hydrogen-bond acceptors (Lipinski definition) is 2. The van der Waals surface area contributed by atoms with E-state index >= 15 is 0 Å². The third kappa shape index (κ3) is 1.26. The first-order valence-corrected chi connectivity index (χ1v) is 3.35. The van der Waals surface area contributed by atoms with E-state index in [1.807, 2.05) is 0 Å². The summed E-state index contributed by atoms with van der Waals surface area (Å²) in [5.41, 5.74) is 0. The topological polar surface area (TPSA) is 12.0 Å². The Labute approximate surface area is 55.6 Å². The van der Waals surface area contributed by atoms with Gasteiger partial charge in [0, 0.05) is 13.1 Å². The van der Waals surface area contributed by atoms with Crippen LogP contribution >= 0.6 is 12.6 Å². The maximum Gasteiger partial charge on any atom is 0.0145 e. The lowest BCUT2D eigenvalue weighted by Crippen LogP contribution is -2.25. The minimum atomic E-state index is 0.618. The zero-order valence-corrected chi connectivity index (χ0v) is 5.91. The Morgan fingerprint density at radius 1 is 1.88 bits per heavy atom. The molecule has 0 aliphatic carbocycles. The van der Waals surface area contributed by atoms with Crippen molar-refractivity contribution in [3.63, 3.8) is 0 Å². The van der Waals surface area contributed by atoms with Crippen LogP contribution in [-0.4, -0.2) is 13.1 Å². The zero-order chi connectivity index (χ0) is 5.98. The van der Waals surface area contributed by atoms with Crippen LogP contribution in [0.4, 0.5) is 0 Å². The van der Waals surface area contributed by atoms with Crippen molar-refractivity contribution in [2.75, 3.05) is 13.1 Å². The summed E-state index contributed by atoms with van der Waals surface area (Å²) in [4.78, 5) is 1.23. The van der Waals surface area contributed by atoms with E-state index in [-0.39, 0.29) is 0 Å². The van der Waals surface area contributed by atoms with E-state index in [4.69, 9.17) is 0 Å². The Hall–Kier alpha value is 0.0500. The second kappa shape index (κ2) is 2.55. The second-order valence-electron chi connectivity index (χ2n) is 2.19. The molecule has 1 unspecified atom stereocenters. The SMILES string of the molecule is CC1CNCC=C1S. The molecule has 0 aromatic heterocycles. The molecule has 0 fully saturated rings. The van der Waals surface area contributed by atoms with Crippen molar-refractivity contribution in [1.82, 2.24) is 5.32 Å². The fourth-order valence-corrected chi connectivity index (χ4v) is 0.965. The molecule has 46 valence electrons. The van der Waals surface area contributed by atoms with Crippen LogP contribution in [0.5, 0.6) is 0 Å². The molecule has 2 heteroatoms. The predicted molar refractivity (Wildman–Crippen MR) is 39.1 cm³/mol. The van der Waals surface area contributed by atoms with Gasteiger partial charge in [-0.05, 0) is 10.8 Å². The molecule has 1 aliphatic heterocycles. The van der Waals surface area contributed by atoms with Crippen molar-refractivity contribution in [2.24, 2.45) is 5.92 Å². The summed E-state index contributed by atoms with van der Waals surface area (Å²) in [6.45, 7) is 4.24. The van der Waals surface area contributed by atoms with Gasteiger partial charge in [-0.3, -0.25) is 0 Å². The molecule has 1 heterocycles. The van der Waals surface area contributed by atoms with E-state index in [2.05, 4.69) is 30.9 Å². The average molecular weight is 129 g/mol. The van der Waals surface area contributed by atoms with Gasteiger partial charge in [-0.1, -0.05) is 13.0 Å². The highest BCUT2D eigenvalue weighted by molar-refractivity contribution is 7.84. The summed E-state index contributed by atoms with van der Waals surface area (Å²) >= 11 is 4.28. The van der Waals surface area contributed by atoms with Crippen LogP contribution in [0, 0.1) is 5.92 Å². The van der Waals surface area contributed by atoms with Gasteiger partial charge in [0.05, 0.1) is 0 Å². The molecule has 0 saturated heterocycles. The second-order valence-corrected chi connectivity index (χ2v) is 2.70. The van der Waals surface area contributed by atoms with Crippen molar-refractivity contribution in [3.8, 4) is 0 Å². The molecular weight excluding hydrogens is 118 g/mol. The summed E-state index contributed by atoms with van der Waals surface area (Å²) in [6.07, 6.45) is 2.12. The normalized spacial score (nSPS) is 29.8. The van der Waals surface area contributed by atoms with Crippen molar-refractivity contribution in [2.45, 2.75) is 6.92 Å². The van der Waals surface area contributed by atoms with Crippen LogP contribution in [0.2, 0.25) is 0 Å². The molecule has 0 spiro atoms. The van der Waals surface area contributed by atoms with Gasteiger partial charge in [0.15, 0.2) is 0 Å². The molecule has 0 amide bonds. The van der Waals surface area contributed by atoms with E-state index in [1.54, 1.807) is 0 Å². The van der Waals surface area contributed by atoms with Crippen LogP contribution < -0.4 is 5.32 Å². The highest BCUT2D eigenvalue weighted by Crippen LogP contribution is 2.14. The van der Waals surface area contributed by atoms with Gasteiger partial charge >= 0.3 is 0 Å². The highest BCUT2D eigenvalue weighted by atomic mass is 32.1. The third-order valence-electron chi connectivity index (χ3n) is 1.41. The lowest BCUT2D eigenvalue weighted by atomic mass is 10.1. The third-order valence-corrected chi connectivity index (χ3v) is 2.03. The maximum absolute atomic E-state index is 4.28. The molecule has 0 aromatic rings. The number of nitrogens with one attached hydrogen (secondary N) is 1. The van der Waals surface area contributed by atoms with Gasteiger partial charge in [-0.15, -0.1) is 12.6 Å². The standard InChI is InChI=1S/C6H11NS/c1-5-4-7-3-2-6(5)8/h2,5,7-8H,3-4H2,1H3. The zero-order valence-electron chi connectivity index (χ0n) is 5.02. The first-order chi connectivity index (χ1) is 3.80. The van der Waals surface area contributed by atoms with E-state index in [0.29, 0.717) is 5.92 Å². The molecule has 1 atom stereocenters. The smallest absolute Gasteiger partial charge is 0.0145 e. The fraction of sp³-hybridized carbons (Fsp3) is 0.667. The van der Waals surface area contributed by atoms with Crippen LogP contribution in [0.3, 0.4) is 0 Å². The summed E-state index contributed by atoms with van der Waals surface area (Å²) in [5.74, 6) is 0.618. The Bertz CT molecular complexity index is 109. The molecular formula is C6H11NS. The van der Waals surface area contributed by atoms with Gasteiger partial charge in [0.1, 0.15) is 0 Å². The number of hydrogen-bond donors (Lipinski definition) is 2. The lowest BCUT2D eigenvalue weighted by molar-refractivity contribution is 0.592. The van der Waals surface area contributed by atoms with Gasteiger partial charge in [-0.2, -0.15) is 0 Å². The van der Waals surface area contributed by atoms with Crippen LogP contribution in [-0.2, 0) is 0 Å². The lowest BCUT2D eigenvalue weighted by Gasteiger charge is -2.16. The predicted octanol–water partition coefficient (Wildman–Crippen LogP) is 1.04. The molecule has 1 nitrogen and oxygen atoms in total. The van der Waals surface area contributed by atoms with Gasteiger partial charge in [-0.25, -0.2) is 0 Å². The monoisotopic (exact) mass is 129 g/mol. The summed E-state index contributed by atoms with van der Waals surface area (Å²) in [5, 5.41) is 3.24. The number of thiol groups is 1. The first-order valence-electron chi connectivity index (χ1n) is 2.90. The first kappa shape index (κ1) is 6.17. The summed E-state index contributed by atoms with van der Waals surface area (Å²) in [7, 11) is 0. The Morgan fingerprint density at radius 3 is 3.00 bits per heavy atom. The Kier molecular flexibility index (Phi) is 1.97. The maximum atomic E-state index is 4.28. The van der Waals surface area contributed by atoms with Gasteiger partial charge in [0.2, 0.25) is 0 Å². The van der Waals surface area contributed by atoms with Gasteiger partial charge in [0.25, 0.3) is 0 Å². The fourth-order valence-electron chi connectivity index (χ4n) is 0.782. The van der Waals surface area contributed by atoms with E-state index < -0.39 is 0 Å². The van der Waals surface area contributed by atoms with E-state index in [0.717, 1.165) is 13.1 Å². The molecule has 0 saturated carbocycles. The molecule has 0 radical (unpaired) electrons. The molecule has 1 rings (SSSR count). The number of rotatable bonds is 0. The largest absolute Gasteiger partial charge is 0.313 e. The molecule has 8 heavy (non-hydrogen) atoms. The van der Waals surface area contributed by atoms with E-state index in [1.165, 1.54) is 4.91 Å². The van der Waals surface area contributed by atoms with Crippen LogP contribution in [0.1, 0.15) is 6.92 Å². The molecule has 0 bridgehead atoms. The average Bonchev–Trinajstić information content (AvgIpc) is 1.77. The minimum Gasteiger partial charge on any atom is -0.313 e.